The van der Waals surface area contributed by atoms with Crippen LogP contribution in [-0.2, 0) is 0 Å². The summed E-state index contributed by atoms with van der Waals surface area (Å²) < 4.78 is 0. The van der Waals surface area contributed by atoms with Crippen LogP contribution in [0.3, 0.4) is 0 Å². The molecule has 2 heteroatoms. The van der Waals surface area contributed by atoms with Crippen LogP contribution in [0.5, 0.6) is 0 Å². The van der Waals surface area contributed by atoms with Gasteiger partial charge in [0.2, 0.25) is 0 Å². The predicted molar refractivity (Wildman–Crippen MR) is 128 cm³/mol. The van der Waals surface area contributed by atoms with E-state index in [0.717, 1.165) is 5.90 Å². The highest BCUT2D eigenvalue weighted by Crippen LogP contribution is 2.56. The third-order valence-corrected chi connectivity index (χ3v) is 9.60. The molecule has 2 aromatic rings. The van der Waals surface area contributed by atoms with Crippen LogP contribution >= 0.6 is 15.8 Å². The van der Waals surface area contributed by atoms with E-state index in [-0.39, 0.29) is 0 Å². The first-order valence-electron chi connectivity index (χ1n) is 8.85. The van der Waals surface area contributed by atoms with Crippen molar-refractivity contribution < 1.29 is 0 Å². The zero-order valence-corrected chi connectivity index (χ0v) is 17.4. The molecule has 0 amide bonds. The lowest BCUT2D eigenvalue weighted by molar-refractivity contribution is 1.74. The summed E-state index contributed by atoms with van der Waals surface area (Å²) in [7, 11) is -0.952. The molecule has 0 nitrogen and oxygen atoms in total. The van der Waals surface area contributed by atoms with Gasteiger partial charge in [-0.05, 0) is 31.8 Å². The molecule has 0 bridgehead atoms. The van der Waals surface area contributed by atoms with Gasteiger partial charge in [0.15, 0.2) is 0 Å². The van der Waals surface area contributed by atoms with E-state index in [1.165, 1.54) is 15.9 Å². The Morgan fingerprint density at radius 3 is 1.81 bits per heavy atom. The minimum absolute atomic E-state index is 0.453. The molecule has 136 valence electrons. The Morgan fingerprint density at radius 2 is 1.33 bits per heavy atom. The fourth-order valence-electron chi connectivity index (χ4n) is 2.59. The summed E-state index contributed by atoms with van der Waals surface area (Å²) in [6.45, 7) is 11.6. The molecule has 0 spiro atoms. The predicted octanol–water partition coefficient (Wildman–Crippen LogP) is 7.07. The zero-order valence-electron chi connectivity index (χ0n) is 15.6. The van der Waals surface area contributed by atoms with Crippen LogP contribution in [-0.4, -0.2) is 5.90 Å². The van der Waals surface area contributed by atoms with Gasteiger partial charge in [-0.1, -0.05) is 129 Å². The lowest BCUT2D eigenvalue weighted by Crippen LogP contribution is -2.13. The van der Waals surface area contributed by atoms with E-state index < -0.39 is 15.8 Å². The Kier molecular flexibility index (Phi) is 9.50. The Bertz CT molecular complexity index is 774. The molecule has 1 atom stereocenters. The summed E-state index contributed by atoms with van der Waals surface area (Å²) in [4.78, 5) is 0. The van der Waals surface area contributed by atoms with E-state index in [1.54, 1.807) is 6.08 Å². The molecule has 0 aromatic heterocycles. The molecule has 1 unspecified atom stereocenters. The van der Waals surface area contributed by atoms with Crippen molar-refractivity contribution in [2.24, 2.45) is 0 Å². The van der Waals surface area contributed by atoms with Crippen molar-refractivity contribution in [3.63, 3.8) is 0 Å². The third-order valence-electron chi connectivity index (χ3n) is 3.88. The monoisotopic (exact) mass is 388 g/mol. The second-order valence-corrected chi connectivity index (χ2v) is 10.5. The van der Waals surface area contributed by atoms with Gasteiger partial charge in [-0.15, -0.1) is 0 Å². The van der Waals surface area contributed by atoms with Crippen LogP contribution in [0.25, 0.3) is 0 Å². The maximum absolute atomic E-state index is 4.04. The molecule has 2 rings (SSSR count). The van der Waals surface area contributed by atoms with Crippen LogP contribution in [0.1, 0.15) is 0 Å². The fourth-order valence-corrected chi connectivity index (χ4v) is 8.52. The average molecular weight is 388 g/mol. The largest absolute Gasteiger partial charge is 0.0991 e. The Hall–Kier alpha value is -2.26. The number of allylic oxidation sites excluding steroid dienone is 8. The van der Waals surface area contributed by atoms with Gasteiger partial charge < -0.3 is 0 Å². The van der Waals surface area contributed by atoms with Crippen LogP contribution in [0.15, 0.2) is 134 Å². The fraction of sp³-hybridized carbons (Fsp3) is 0.0400. The number of hydrogen-bond donors (Lipinski definition) is 0. The quantitative estimate of drug-likeness (QED) is 0.302. The van der Waals surface area contributed by atoms with E-state index in [4.69, 9.17) is 0 Å². The van der Waals surface area contributed by atoms with Crippen molar-refractivity contribution in [3.05, 3.63) is 134 Å². The number of rotatable bonds is 10. The van der Waals surface area contributed by atoms with Crippen molar-refractivity contribution >= 4 is 26.5 Å². The first-order chi connectivity index (χ1) is 13.3. The van der Waals surface area contributed by atoms with Crippen molar-refractivity contribution in [3.8, 4) is 0 Å². The summed E-state index contributed by atoms with van der Waals surface area (Å²) in [6, 6.07) is 21.7. The van der Waals surface area contributed by atoms with Gasteiger partial charge in [0, 0.05) is 5.90 Å². The standard InChI is InChI=1S/C25H26P2/c1-4-7-8-15-21-26(23(6-3)16-5-2)22-27(24-17-11-9-12-18-24)25-19-13-10-14-20-25/h4-21H,1-3,22H2/b8-7-,21-15+,23-16+. The maximum atomic E-state index is 4.04. The van der Waals surface area contributed by atoms with Crippen molar-refractivity contribution in [1.29, 1.82) is 0 Å². The molecule has 0 aliphatic heterocycles. The third kappa shape index (κ3) is 6.76. The Balaban J connectivity index is 2.42. The summed E-state index contributed by atoms with van der Waals surface area (Å²) in [5.74, 6) is 3.40. The van der Waals surface area contributed by atoms with Gasteiger partial charge in [0.1, 0.15) is 0 Å². The smallest absolute Gasteiger partial charge is 0.00350 e. The van der Waals surface area contributed by atoms with E-state index in [0.29, 0.717) is 0 Å². The van der Waals surface area contributed by atoms with E-state index >= 15 is 0 Å². The molecular formula is C25H26P2. The highest BCUT2D eigenvalue weighted by molar-refractivity contribution is 7.85. The van der Waals surface area contributed by atoms with Crippen LogP contribution in [0.4, 0.5) is 0 Å². The number of hydrogen-bond acceptors (Lipinski definition) is 0. The van der Waals surface area contributed by atoms with Crippen LogP contribution < -0.4 is 10.6 Å². The minimum Gasteiger partial charge on any atom is -0.0991 e. The lowest BCUT2D eigenvalue weighted by Gasteiger charge is -2.24. The molecule has 0 N–H and O–H groups in total. The molecule has 0 fully saturated rings. The molecule has 0 radical (unpaired) electrons. The van der Waals surface area contributed by atoms with Crippen molar-refractivity contribution in [1.82, 2.24) is 0 Å². The average Bonchev–Trinajstić information content (AvgIpc) is 2.73. The van der Waals surface area contributed by atoms with E-state index in [2.05, 4.69) is 98.4 Å². The SMILES string of the molecule is C=C/C=C\C=C\P(CP(c1ccccc1)c1ccccc1)/C(C=C)=C/C=C. The highest BCUT2D eigenvalue weighted by atomic mass is 31.2. The molecule has 0 saturated carbocycles. The summed E-state index contributed by atoms with van der Waals surface area (Å²) in [5, 5.41) is 4.06. The second kappa shape index (κ2) is 12.2. The molecule has 2 aromatic carbocycles. The van der Waals surface area contributed by atoms with Gasteiger partial charge in [0.25, 0.3) is 0 Å². The maximum Gasteiger partial charge on any atom is 0.00350 e. The van der Waals surface area contributed by atoms with Crippen molar-refractivity contribution in [2.45, 2.75) is 0 Å². The first-order valence-corrected chi connectivity index (χ1v) is 12.0. The molecule has 0 aliphatic carbocycles. The van der Waals surface area contributed by atoms with Gasteiger partial charge in [-0.2, -0.15) is 0 Å². The Labute approximate surface area is 166 Å². The zero-order chi connectivity index (χ0) is 19.3. The molecule has 0 aliphatic rings. The summed E-state index contributed by atoms with van der Waals surface area (Å²) in [5.41, 5.74) is 0. The van der Waals surface area contributed by atoms with Gasteiger partial charge in [0.05, 0.1) is 0 Å². The number of benzene rings is 2. The van der Waals surface area contributed by atoms with Gasteiger partial charge in [-0.3, -0.25) is 0 Å². The molecule has 27 heavy (non-hydrogen) atoms. The molecular weight excluding hydrogens is 362 g/mol. The Morgan fingerprint density at radius 1 is 0.741 bits per heavy atom. The van der Waals surface area contributed by atoms with E-state index in [1.807, 2.05) is 24.3 Å². The molecule has 0 saturated heterocycles. The van der Waals surface area contributed by atoms with Crippen LogP contribution in [0.2, 0.25) is 0 Å². The highest BCUT2D eigenvalue weighted by Gasteiger charge is 2.19. The van der Waals surface area contributed by atoms with Gasteiger partial charge >= 0.3 is 0 Å². The second-order valence-electron chi connectivity index (χ2n) is 5.70. The topological polar surface area (TPSA) is 0 Å². The van der Waals surface area contributed by atoms with Gasteiger partial charge in [-0.25, -0.2) is 0 Å². The lowest BCUT2D eigenvalue weighted by atomic mass is 10.4. The van der Waals surface area contributed by atoms with E-state index in [9.17, 15) is 0 Å². The first kappa shape index (κ1) is 21.0. The molecule has 0 heterocycles. The summed E-state index contributed by atoms with van der Waals surface area (Å²) in [6.07, 6.45) is 13.8. The van der Waals surface area contributed by atoms with Crippen molar-refractivity contribution in [2.75, 3.05) is 5.90 Å². The summed E-state index contributed by atoms with van der Waals surface area (Å²) >= 11 is 0. The van der Waals surface area contributed by atoms with Crippen LogP contribution in [0, 0.1) is 0 Å². The normalized spacial score (nSPS) is 13.1. The minimum atomic E-state index is -0.499.